The van der Waals surface area contributed by atoms with Crippen LogP contribution in [0.1, 0.15) is 22.4 Å². The van der Waals surface area contributed by atoms with Crippen LogP contribution in [0, 0.1) is 0 Å². The number of halogens is 1. The molecule has 1 aliphatic heterocycles. The predicted octanol–water partition coefficient (Wildman–Crippen LogP) is 3.84. The molecule has 1 aromatic carbocycles. The van der Waals surface area contributed by atoms with Crippen LogP contribution in [0.25, 0.3) is 6.08 Å². The molecule has 2 heterocycles. The molecule has 4 rings (SSSR count). The Morgan fingerprint density at radius 3 is 2.50 bits per heavy atom. The number of allylic oxidation sites excluding steroid dienone is 1. The van der Waals surface area contributed by atoms with Crippen LogP contribution in [0.15, 0.2) is 41.3 Å². The minimum absolute atomic E-state index is 0.542. The Morgan fingerprint density at radius 1 is 1.00 bits per heavy atom. The van der Waals surface area contributed by atoms with Gasteiger partial charge in [-0.1, -0.05) is 35.9 Å². The summed E-state index contributed by atoms with van der Waals surface area (Å²) < 4.78 is 28.5. The fraction of sp³-hybridized carbons (Fsp3) is 0.368. The Bertz CT molecular complexity index is 929. The summed E-state index contributed by atoms with van der Waals surface area (Å²) in [4.78, 5) is 4.06. The molecule has 2 aromatic rings. The average Bonchev–Trinajstić information content (AvgIpc) is 3.06. The molecule has 1 fully saturated rings. The van der Waals surface area contributed by atoms with Gasteiger partial charge in [0.15, 0.2) is 0 Å². The highest BCUT2D eigenvalue weighted by Crippen LogP contribution is 2.29. The number of benzene rings is 1. The lowest BCUT2D eigenvalue weighted by molar-refractivity contribution is 0.183. The second-order valence-electron chi connectivity index (χ2n) is 6.70. The third kappa shape index (κ3) is 3.75. The summed E-state index contributed by atoms with van der Waals surface area (Å²) in [5.41, 5.74) is 2.26. The van der Waals surface area contributed by atoms with Crippen molar-refractivity contribution in [2.45, 2.75) is 19.4 Å². The third-order valence-corrected chi connectivity index (χ3v) is 8.27. The van der Waals surface area contributed by atoms with E-state index >= 15 is 0 Å². The Labute approximate surface area is 163 Å². The summed E-state index contributed by atoms with van der Waals surface area (Å²) in [5.74, 6) is 0. The van der Waals surface area contributed by atoms with Crippen molar-refractivity contribution in [2.24, 2.45) is 0 Å². The van der Waals surface area contributed by atoms with E-state index in [1.165, 1.54) is 10.4 Å². The number of sulfonamides is 1. The van der Waals surface area contributed by atoms with Crippen LogP contribution in [0.4, 0.5) is 0 Å². The van der Waals surface area contributed by atoms with Gasteiger partial charge in [0, 0.05) is 37.6 Å². The molecule has 0 amide bonds. The van der Waals surface area contributed by atoms with E-state index in [9.17, 15) is 8.42 Å². The van der Waals surface area contributed by atoms with Crippen LogP contribution in [0.5, 0.6) is 0 Å². The Kier molecular flexibility index (Phi) is 5.21. The first-order valence-electron chi connectivity index (χ1n) is 8.77. The second-order valence-corrected chi connectivity index (χ2v) is 10.5. The molecule has 0 spiro atoms. The van der Waals surface area contributed by atoms with Gasteiger partial charge in [0.25, 0.3) is 0 Å². The van der Waals surface area contributed by atoms with Gasteiger partial charge in [-0.2, -0.15) is 4.31 Å². The highest BCUT2D eigenvalue weighted by molar-refractivity contribution is 7.93. The van der Waals surface area contributed by atoms with Crippen molar-refractivity contribution >= 4 is 39.0 Å². The Hall–Kier alpha value is -1.18. The normalized spacial score (nSPS) is 19.2. The van der Waals surface area contributed by atoms with Crippen molar-refractivity contribution in [1.82, 2.24) is 9.21 Å². The number of rotatable bonds is 4. The van der Waals surface area contributed by atoms with Crippen LogP contribution in [-0.4, -0.2) is 43.8 Å². The van der Waals surface area contributed by atoms with Gasteiger partial charge in [-0.05, 0) is 42.2 Å². The molecule has 0 unspecified atom stereocenters. The van der Waals surface area contributed by atoms with E-state index in [1.807, 2.05) is 36.4 Å². The van der Waals surface area contributed by atoms with Crippen LogP contribution in [0.2, 0.25) is 4.34 Å². The summed E-state index contributed by atoms with van der Waals surface area (Å²) >= 11 is 7.58. The van der Waals surface area contributed by atoms with Crippen LogP contribution >= 0.6 is 22.9 Å². The minimum Gasteiger partial charge on any atom is -0.296 e. The van der Waals surface area contributed by atoms with E-state index in [0.717, 1.165) is 36.0 Å². The van der Waals surface area contributed by atoms with Crippen LogP contribution in [-0.2, 0) is 23.0 Å². The zero-order valence-corrected chi connectivity index (χ0v) is 16.8. The predicted molar refractivity (Wildman–Crippen MR) is 108 cm³/mol. The zero-order valence-electron chi connectivity index (χ0n) is 14.4. The van der Waals surface area contributed by atoms with E-state index in [0.29, 0.717) is 24.4 Å². The molecule has 2 aliphatic rings. The molecule has 0 radical (unpaired) electrons. The molecule has 26 heavy (non-hydrogen) atoms. The fourth-order valence-corrected chi connectivity index (χ4v) is 6.30. The van der Waals surface area contributed by atoms with Crippen molar-refractivity contribution < 1.29 is 8.42 Å². The van der Waals surface area contributed by atoms with E-state index in [4.69, 9.17) is 11.6 Å². The van der Waals surface area contributed by atoms with Gasteiger partial charge in [0.2, 0.25) is 10.0 Å². The van der Waals surface area contributed by atoms with E-state index in [2.05, 4.69) is 11.0 Å². The van der Waals surface area contributed by atoms with Gasteiger partial charge < -0.3 is 0 Å². The van der Waals surface area contributed by atoms with Gasteiger partial charge in [-0.15, -0.1) is 11.3 Å². The number of fused-ring (bicyclic) bond motifs is 1. The monoisotopic (exact) mass is 408 g/mol. The van der Waals surface area contributed by atoms with Crippen molar-refractivity contribution in [3.63, 3.8) is 0 Å². The van der Waals surface area contributed by atoms with Crippen molar-refractivity contribution in [2.75, 3.05) is 26.2 Å². The number of thiophene rings is 1. The molecular formula is C19H21ClN2O2S2. The van der Waals surface area contributed by atoms with Gasteiger partial charge >= 0.3 is 0 Å². The topological polar surface area (TPSA) is 40.6 Å². The molecule has 1 saturated heterocycles. The molecule has 0 bridgehead atoms. The molecule has 0 atom stereocenters. The number of nitrogens with zero attached hydrogens (tertiary/aromatic N) is 2. The summed E-state index contributed by atoms with van der Waals surface area (Å²) in [7, 11) is -3.37. The average molecular weight is 409 g/mol. The third-order valence-electron chi connectivity index (χ3n) is 5.02. The number of aryl methyl sites for hydroxylation is 1. The summed E-state index contributed by atoms with van der Waals surface area (Å²) in [6.07, 6.45) is 3.24. The molecule has 1 aliphatic carbocycles. The minimum atomic E-state index is -3.37. The lowest BCUT2D eigenvalue weighted by Gasteiger charge is -2.34. The van der Waals surface area contributed by atoms with Crippen molar-refractivity contribution in [1.29, 1.82) is 0 Å². The largest absolute Gasteiger partial charge is 0.296 e. The molecular weight excluding hydrogens is 388 g/mol. The Morgan fingerprint density at radius 2 is 1.77 bits per heavy atom. The second kappa shape index (κ2) is 7.44. The maximum absolute atomic E-state index is 13.0. The molecule has 7 heteroatoms. The summed E-state index contributed by atoms with van der Waals surface area (Å²) in [6.45, 7) is 3.42. The standard InChI is InChI=1S/C19H21ClN2O2S2/c20-19-8-6-17(25-19)14-21-9-11-22(12-10-21)26(23,24)18-7-5-15-3-1-2-4-16(15)13-18/h1-4,6,8,13H,5,7,9-12,14H2. The smallest absolute Gasteiger partial charge is 0.239 e. The SMILES string of the molecule is O=S(=O)(C1=Cc2ccccc2CC1)N1CCN(Cc2ccc(Cl)s2)CC1. The molecule has 1 aromatic heterocycles. The van der Waals surface area contributed by atoms with Gasteiger partial charge in [-0.25, -0.2) is 8.42 Å². The van der Waals surface area contributed by atoms with Gasteiger partial charge in [0.1, 0.15) is 0 Å². The van der Waals surface area contributed by atoms with Crippen LogP contribution in [0.3, 0.4) is 0 Å². The van der Waals surface area contributed by atoms with E-state index in [-0.39, 0.29) is 0 Å². The van der Waals surface area contributed by atoms with E-state index < -0.39 is 10.0 Å². The molecule has 4 nitrogen and oxygen atoms in total. The van der Waals surface area contributed by atoms with Crippen LogP contribution < -0.4 is 0 Å². The summed E-state index contributed by atoms with van der Waals surface area (Å²) in [6, 6.07) is 12.0. The highest BCUT2D eigenvalue weighted by atomic mass is 35.5. The maximum Gasteiger partial charge on any atom is 0.239 e. The highest BCUT2D eigenvalue weighted by Gasteiger charge is 2.31. The first-order chi connectivity index (χ1) is 12.5. The Balaban J connectivity index is 1.43. The lowest BCUT2D eigenvalue weighted by Crippen LogP contribution is -2.48. The lowest BCUT2D eigenvalue weighted by atomic mass is 9.98. The maximum atomic E-state index is 13.0. The quantitative estimate of drug-likeness (QED) is 0.771. The number of hydrogen-bond donors (Lipinski definition) is 0. The fourth-order valence-electron chi connectivity index (χ4n) is 3.56. The van der Waals surface area contributed by atoms with Gasteiger partial charge in [0.05, 0.1) is 9.24 Å². The first-order valence-corrected chi connectivity index (χ1v) is 11.4. The number of piperazine rings is 1. The van der Waals surface area contributed by atoms with E-state index in [1.54, 1.807) is 15.6 Å². The van der Waals surface area contributed by atoms with Crippen molar-refractivity contribution in [3.8, 4) is 0 Å². The molecule has 0 N–H and O–H groups in total. The zero-order chi connectivity index (χ0) is 18.1. The number of hydrogen-bond acceptors (Lipinski definition) is 4. The first kappa shape index (κ1) is 18.2. The van der Waals surface area contributed by atoms with Gasteiger partial charge in [-0.3, -0.25) is 4.90 Å². The van der Waals surface area contributed by atoms with Crippen molar-refractivity contribution in [3.05, 3.63) is 61.6 Å². The molecule has 138 valence electrons. The molecule has 0 saturated carbocycles. The summed E-state index contributed by atoms with van der Waals surface area (Å²) in [5, 5.41) is 0.